The molecule has 1 aromatic heterocycles. The van der Waals surface area contributed by atoms with E-state index in [1.807, 2.05) is 48.7 Å². The van der Waals surface area contributed by atoms with Crippen molar-refractivity contribution >= 4 is 23.3 Å². The maximum Gasteiger partial charge on any atom is 0.337 e. The third-order valence-corrected chi connectivity index (χ3v) is 5.03. The number of nitrogens with one attached hydrogen (secondary N) is 1. The van der Waals surface area contributed by atoms with E-state index in [0.29, 0.717) is 23.5 Å². The van der Waals surface area contributed by atoms with Gasteiger partial charge in [-0.1, -0.05) is 24.6 Å². The SMILES string of the molecule is CCCn1nc(C)cc1CN(C)c1ccc(NC(=O)c2ccc(C)cc2)cc1C(=O)O. The zero-order valence-corrected chi connectivity index (χ0v) is 18.3. The van der Waals surface area contributed by atoms with Crippen molar-refractivity contribution in [3.05, 3.63) is 76.6 Å². The number of aromatic nitrogens is 2. The molecule has 0 atom stereocenters. The molecular formula is C24H28N4O3. The van der Waals surface area contributed by atoms with Gasteiger partial charge in [0.15, 0.2) is 0 Å². The van der Waals surface area contributed by atoms with Gasteiger partial charge >= 0.3 is 5.97 Å². The summed E-state index contributed by atoms with van der Waals surface area (Å²) in [6.45, 7) is 7.33. The van der Waals surface area contributed by atoms with Crippen LogP contribution in [-0.4, -0.2) is 33.8 Å². The average molecular weight is 421 g/mol. The summed E-state index contributed by atoms with van der Waals surface area (Å²) in [7, 11) is 1.85. The summed E-state index contributed by atoms with van der Waals surface area (Å²) in [6, 6.07) is 14.2. The van der Waals surface area contributed by atoms with Crippen LogP contribution in [0.5, 0.6) is 0 Å². The van der Waals surface area contributed by atoms with Crippen LogP contribution in [0.3, 0.4) is 0 Å². The number of aryl methyl sites for hydroxylation is 3. The van der Waals surface area contributed by atoms with Crippen LogP contribution in [0.4, 0.5) is 11.4 Å². The summed E-state index contributed by atoms with van der Waals surface area (Å²) in [4.78, 5) is 26.3. The van der Waals surface area contributed by atoms with Crippen LogP contribution in [0, 0.1) is 13.8 Å². The predicted molar refractivity (Wildman–Crippen MR) is 122 cm³/mol. The molecule has 3 rings (SSSR count). The maximum absolute atomic E-state index is 12.5. The summed E-state index contributed by atoms with van der Waals surface area (Å²) < 4.78 is 1.96. The Hall–Kier alpha value is -3.61. The van der Waals surface area contributed by atoms with Gasteiger partial charge < -0.3 is 15.3 Å². The van der Waals surface area contributed by atoms with E-state index in [2.05, 4.69) is 17.3 Å². The number of amides is 1. The number of anilines is 2. The Bertz CT molecular complexity index is 1090. The fourth-order valence-corrected chi connectivity index (χ4v) is 3.49. The molecule has 1 heterocycles. The third kappa shape index (κ3) is 5.31. The Kier molecular flexibility index (Phi) is 6.74. The first kappa shape index (κ1) is 22.1. The first-order valence-corrected chi connectivity index (χ1v) is 10.3. The molecule has 1 amide bonds. The van der Waals surface area contributed by atoms with E-state index in [4.69, 9.17) is 0 Å². The quantitative estimate of drug-likeness (QED) is 0.560. The van der Waals surface area contributed by atoms with Gasteiger partial charge in [0.1, 0.15) is 0 Å². The lowest BCUT2D eigenvalue weighted by Crippen LogP contribution is -2.22. The van der Waals surface area contributed by atoms with Crippen LogP contribution in [0.25, 0.3) is 0 Å². The van der Waals surface area contributed by atoms with Crippen molar-refractivity contribution in [2.75, 3.05) is 17.3 Å². The largest absolute Gasteiger partial charge is 0.478 e. The lowest BCUT2D eigenvalue weighted by Gasteiger charge is -2.22. The van der Waals surface area contributed by atoms with Crippen LogP contribution in [-0.2, 0) is 13.1 Å². The summed E-state index contributed by atoms with van der Waals surface area (Å²) in [5.74, 6) is -1.33. The fourth-order valence-electron chi connectivity index (χ4n) is 3.49. The van der Waals surface area contributed by atoms with Crippen molar-refractivity contribution in [1.29, 1.82) is 0 Å². The highest BCUT2D eigenvalue weighted by atomic mass is 16.4. The van der Waals surface area contributed by atoms with E-state index >= 15 is 0 Å². The standard InChI is InChI=1S/C24H28N4O3/c1-5-12-28-20(13-17(3)26-28)15-27(4)22-11-10-19(14-21(22)24(30)31)25-23(29)18-8-6-16(2)7-9-18/h6-11,13-14H,5,12,15H2,1-4H3,(H,25,29)(H,30,31). The molecule has 7 heteroatoms. The second-order valence-corrected chi connectivity index (χ2v) is 7.71. The van der Waals surface area contributed by atoms with Gasteiger partial charge in [0.05, 0.1) is 29.2 Å². The first-order valence-electron chi connectivity index (χ1n) is 10.3. The van der Waals surface area contributed by atoms with Crippen LogP contribution >= 0.6 is 0 Å². The second kappa shape index (κ2) is 9.47. The number of carboxylic acids is 1. The van der Waals surface area contributed by atoms with Crippen molar-refractivity contribution in [2.24, 2.45) is 0 Å². The summed E-state index contributed by atoms with van der Waals surface area (Å²) in [5.41, 5.74) is 4.67. The number of hydrogen-bond donors (Lipinski definition) is 2. The molecule has 0 unspecified atom stereocenters. The molecule has 0 fully saturated rings. The highest BCUT2D eigenvalue weighted by Crippen LogP contribution is 2.26. The van der Waals surface area contributed by atoms with Crippen molar-refractivity contribution in [1.82, 2.24) is 9.78 Å². The molecule has 0 radical (unpaired) electrons. The van der Waals surface area contributed by atoms with Gasteiger partial charge in [-0.15, -0.1) is 0 Å². The van der Waals surface area contributed by atoms with Gasteiger partial charge in [-0.2, -0.15) is 5.10 Å². The molecule has 162 valence electrons. The molecule has 2 aromatic carbocycles. The normalized spacial score (nSPS) is 10.7. The second-order valence-electron chi connectivity index (χ2n) is 7.71. The minimum atomic E-state index is -1.05. The average Bonchev–Trinajstić information content (AvgIpc) is 3.07. The van der Waals surface area contributed by atoms with Gasteiger partial charge in [-0.3, -0.25) is 9.48 Å². The predicted octanol–water partition coefficient (Wildman–Crippen LogP) is 4.50. The maximum atomic E-state index is 12.5. The Morgan fingerprint density at radius 3 is 2.45 bits per heavy atom. The number of aromatic carboxylic acids is 1. The molecule has 0 saturated heterocycles. The third-order valence-electron chi connectivity index (χ3n) is 5.03. The van der Waals surface area contributed by atoms with Crippen molar-refractivity contribution in [3.8, 4) is 0 Å². The monoisotopic (exact) mass is 420 g/mol. The summed E-state index contributed by atoms with van der Waals surface area (Å²) in [6.07, 6.45) is 0.966. The van der Waals surface area contributed by atoms with E-state index in [1.165, 1.54) is 6.07 Å². The van der Waals surface area contributed by atoms with E-state index in [0.717, 1.165) is 29.9 Å². The van der Waals surface area contributed by atoms with Crippen LogP contribution < -0.4 is 10.2 Å². The lowest BCUT2D eigenvalue weighted by atomic mass is 10.1. The Labute approximate surface area is 182 Å². The molecule has 0 spiro atoms. The van der Waals surface area contributed by atoms with Crippen molar-refractivity contribution < 1.29 is 14.7 Å². The minimum Gasteiger partial charge on any atom is -0.478 e. The van der Waals surface area contributed by atoms with Crippen LogP contribution in [0.15, 0.2) is 48.5 Å². The fraction of sp³-hybridized carbons (Fsp3) is 0.292. The van der Waals surface area contributed by atoms with Gasteiger partial charge in [0.25, 0.3) is 5.91 Å². The van der Waals surface area contributed by atoms with E-state index in [1.54, 1.807) is 24.3 Å². The summed E-state index contributed by atoms with van der Waals surface area (Å²) >= 11 is 0. The van der Waals surface area contributed by atoms with Gasteiger partial charge in [0.2, 0.25) is 0 Å². The van der Waals surface area contributed by atoms with Gasteiger partial charge in [-0.25, -0.2) is 4.79 Å². The topological polar surface area (TPSA) is 87.5 Å². The molecule has 0 aliphatic rings. The first-order chi connectivity index (χ1) is 14.8. The smallest absolute Gasteiger partial charge is 0.337 e. The zero-order valence-electron chi connectivity index (χ0n) is 18.3. The van der Waals surface area contributed by atoms with Crippen molar-refractivity contribution in [3.63, 3.8) is 0 Å². The molecule has 0 aliphatic heterocycles. The zero-order chi connectivity index (χ0) is 22.5. The number of hydrogen-bond acceptors (Lipinski definition) is 4. The van der Waals surface area contributed by atoms with Gasteiger partial charge in [0, 0.05) is 24.8 Å². The van der Waals surface area contributed by atoms with Crippen molar-refractivity contribution in [2.45, 2.75) is 40.3 Å². The molecule has 2 N–H and O–H groups in total. The Balaban J connectivity index is 1.82. The molecule has 0 aliphatic carbocycles. The summed E-state index contributed by atoms with van der Waals surface area (Å²) in [5, 5.41) is 17.1. The van der Waals surface area contributed by atoms with Crippen LogP contribution in [0.1, 0.15) is 51.0 Å². The number of carbonyl (C=O) groups excluding carboxylic acids is 1. The van der Waals surface area contributed by atoms with Crippen LogP contribution in [0.2, 0.25) is 0 Å². The van der Waals surface area contributed by atoms with E-state index < -0.39 is 5.97 Å². The molecule has 0 bridgehead atoms. The van der Waals surface area contributed by atoms with E-state index in [-0.39, 0.29) is 11.5 Å². The number of rotatable bonds is 8. The van der Waals surface area contributed by atoms with E-state index in [9.17, 15) is 14.7 Å². The number of nitrogens with zero attached hydrogens (tertiary/aromatic N) is 3. The Morgan fingerprint density at radius 2 is 1.81 bits per heavy atom. The molecular weight excluding hydrogens is 392 g/mol. The highest BCUT2D eigenvalue weighted by molar-refractivity contribution is 6.05. The Morgan fingerprint density at radius 1 is 1.10 bits per heavy atom. The number of carbonyl (C=O) groups is 2. The molecule has 0 saturated carbocycles. The molecule has 3 aromatic rings. The van der Waals surface area contributed by atoms with Gasteiger partial charge in [-0.05, 0) is 56.7 Å². The minimum absolute atomic E-state index is 0.127. The highest BCUT2D eigenvalue weighted by Gasteiger charge is 2.17. The molecule has 31 heavy (non-hydrogen) atoms. The lowest BCUT2D eigenvalue weighted by molar-refractivity contribution is 0.0697. The number of carboxylic acid groups (broad SMARTS) is 1. The number of benzene rings is 2. The molecule has 7 nitrogen and oxygen atoms in total.